The van der Waals surface area contributed by atoms with Gasteiger partial charge in [-0.1, -0.05) is 18.2 Å². The van der Waals surface area contributed by atoms with Crippen molar-refractivity contribution in [3.8, 4) is 5.75 Å². The molecule has 1 atom stereocenters. The van der Waals surface area contributed by atoms with E-state index < -0.39 is 0 Å². The Labute approximate surface area is 122 Å². The molecule has 2 aliphatic heterocycles. The fraction of sp³-hybridized carbons (Fsp3) is 0.647. The first-order chi connectivity index (χ1) is 9.64. The molecule has 0 saturated carbocycles. The molecule has 110 valence electrons. The molecule has 0 radical (unpaired) electrons. The number of nitrogens with one attached hydrogen (secondary N) is 1. The molecular formula is C17H26N2O. The van der Waals surface area contributed by atoms with Crippen molar-refractivity contribution >= 4 is 0 Å². The minimum atomic E-state index is 0.223. The highest BCUT2D eigenvalue weighted by molar-refractivity contribution is 5.37. The molecule has 1 aromatic carbocycles. The molecule has 20 heavy (non-hydrogen) atoms. The van der Waals surface area contributed by atoms with Gasteiger partial charge in [0.25, 0.3) is 0 Å². The monoisotopic (exact) mass is 274 g/mol. The third kappa shape index (κ3) is 3.15. The van der Waals surface area contributed by atoms with E-state index in [2.05, 4.69) is 48.3 Å². The summed E-state index contributed by atoms with van der Waals surface area (Å²) in [7, 11) is 0. The first-order valence-electron chi connectivity index (χ1n) is 7.83. The van der Waals surface area contributed by atoms with E-state index in [4.69, 9.17) is 4.74 Å². The van der Waals surface area contributed by atoms with Crippen molar-refractivity contribution in [3.63, 3.8) is 0 Å². The molecule has 0 aliphatic carbocycles. The van der Waals surface area contributed by atoms with Crippen molar-refractivity contribution < 1.29 is 4.74 Å². The molecule has 1 aromatic rings. The summed E-state index contributed by atoms with van der Waals surface area (Å²) in [5.74, 6) is 1.71. The molecule has 0 bridgehead atoms. The second-order valence-corrected chi connectivity index (χ2v) is 6.77. The largest absolute Gasteiger partial charge is 0.493 e. The van der Waals surface area contributed by atoms with E-state index in [9.17, 15) is 0 Å². The lowest BCUT2D eigenvalue weighted by Gasteiger charge is -2.34. The van der Waals surface area contributed by atoms with Crippen molar-refractivity contribution in [2.75, 3.05) is 32.8 Å². The van der Waals surface area contributed by atoms with Crippen LogP contribution in [0.3, 0.4) is 0 Å². The van der Waals surface area contributed by atoms with E-state index in [1.54, 1.807) is 0 Å². The summed E-state index contributed by atoms with van der Waals surface area (Å²) < 4.78 is 5.78. The highest BCUT2D eigenvalue weighted by atomic mass is 16.5. The smallest absolute Gasteiger partial charge is 0.122 e. The van der Waals surface area contributed by atoms with E-state index in [0.717, 1.165) is 38.4 Å². The lowest BCUT2D eigenvalue weighted by Crippen LogP contribution is -2.47. The standard InChI is InChI=1S/C17H26N2O/c1-17(2)13-19(10-5-9-18-17)12-14-8-11-20-16-7-4-3-6-15(14)16/h3-4,6-7,14,18H,5,8-13H2,1-2H3. The molecule has 3 nitrogen and oxygen atoms in total. The van der Waals surface area contributed by atoms with E-state index in [1.165, 1.54) is 18.5 Å². The Hall–Kier alpha value is -1.06. The third-order valence-electron chi connectivity index (χ3n) is 4.43. The normalized spacial score (nSPS) is 26.4. The summed E-state index contributed by atoms with van der Waals surface area (Å²) in [5, 5.41) is 3.64. The van der Waals surface area contributed by atoms with Crippen molar-refractivity contribution in [2.45, 2.75) is 38.1 Å². The number of rotatable bonds is 2. The molecule has 3 rings (SSSR count). The summed E-state index contributed by atoms with van der Waals surface area (Å²) in [6.07, 6.45) is 2.38. The summed E-state index contributed by atoms with van der Waals surface area (Å²) in [6, 6.07) is 8.55. The average Bonchev–Trinajstić information content (AvgIpc) is 2.60. The predicted octanol–water partition coefficient (Wildman–Crippen LogP) is 2.63. The minimum absolute atomic E-state index is 0.223. The molecule has 2 aliphatic rings. The van der Waals surface area contributed by atoms with Crippen LogP contribution in [0.2, 0.25) is 0 Å². The van der Waals surface area contributed by atoms with Gasteiger partial charge in [-0.25, -0.2) is 0 Å². The fourth-order valence-electron chi connectivity index (χ4n) is 3.50. The van der Waals surface area contributed by atoms with E-state index >= 15 is 0 Å². The van der Waals surface area contributed by atoms with Gasteiger partial charge in [0.1, 0.15) is 5.75 Å². The van der Waals surface area contributed by atoms with Gasteiger partial charge in [-0.3, -0.25) is 0 Å². The van der Waals surface area contributed by atoms with Crippen LogP contribution in [-0.4, -0.2) is 43.2 Å². The number of para-hydroxylation sites is 1. The minimum Gasteiger partial charge on any atom is -0.493 e. The van der Waals surface area contributed by atoms with Gasteiger partial charge in [0, 0.05) is 24.5 Å². The molecule has 1 fully saturated rings. The Morgan fingerprint density at radius 2 is 2.20 bits per heavy atom. The lowest BCUT2D eigenvalue weighted by molar-refractivity contribution is 0.191. The first kappa shape index (κ1) is 13.9. The highest BCUT2D eigenvalue weighted by Crippen LogP contribution is 2.34. The van der Waals surface area contributed by atoms with Gasteiger partial charge < -0.3 is 15.0 Å². The number of nitrogens with zero attached hydrogens (tertiary/aromatic N) is 1. The zero-order valence-corrected chi connectivity index (χ0v) is 12.7. The molecule has 0 amide bonds. The van der Waals surface area contributed by atoms with Crippen LogP contribution >= 0.6 is 0 Å². The fourth-order valence-corrected chi connectivity index (χ4v) is 3.50. The number of hydrogen-bond acceptors (Lipinski definition) is 3. The zero-order valence-electron chi connectivity index (χ0n) is 12.7. The molecule has 0 spiro atoms. The predicted molar refractivity (Wildman–Crippen MR) is 82.4 cm³/mol. The van der Waals surface area contributed by atoms with Crippen LogP contribution < -0.4 is 10.1 Å². The molecule has 1 saturated heterocycles. The Morgan fingerprint density at radius 3 is 3.10 bits per heavy atom. The maximum Gasteiger partial charge on any atom is 0.122 e. The van der Waals surface area contributed by atoms with E-state index in [-0.39, 0.29) is 5.54 Å². The molecule has 3 heteroatoms. The maximum absolute atomic E-state index is 5.78. The number of ether oxygens (including phenoxy) is 1. The second kappa shape index (κ2) is 5.74. The summed E-state index contributed by atoms with van der Waals surface area (Å²) >= 11 is 0. The number of fused-ring (bicyclic) bond motifs is 1. The average molecular weight is 274 g/mol. The molecule has 0 aromatic heterocycles. The lowest BCUT2D eigenvalue weighted by atomic mass is 9.92. The zero-order chi connectivity index (χ0) is 14.0. The summed E-state index contributed by atoms with van der Waals surface area (Å²) in [5.41, 5.74) is 1.62. The van der Waals surface area contributed by atoms with Gasteiger partial charge in [-0.2, -0.15) is 0 Å². The van der Waals surface area contributed by atoms with Gasteiger partial charge in [0.05, 0.1) is 6.61 Å². The third-order valence-corrected chi connectivity index (χ3v) is 4.43. The molecule has 1 N–H and O–H groups in total. The van der Waals surface area contributed by atoms with Gasteiger partial charge in [-0.15, -0.1) is 0 Å². The Morgan fingerprint density at radius 1 is 1.35 bits per heavy atom. The van der Waals surface area contributed by atoms with Crippen LogP contribution in [0.25, 0.3) is 0 Å². The van der Waals surface area contributed by atoms with Crippen LogP contribution in [0.5, 0.6) is 5.75 Å². The Balaban J connectivity index is 1.72. The van der Waals surface area contributed by atoms with Gasteiger partial charge in [-0.05, 0) is 51.4 Å². The maximum atomic E-state index is 5.78. The second-order valence-electron chi connectivity index (χ2n) is 6.77. The summed E-state index contributed by atoms with van der Waals surface area (Å²) in [4.78, 5) is 2.63. The van der Waals surface area contributed by atoms with E-state index in [0.29, 0.717) is 5.92 Å². The van der Waals surface area contributed by atoms with Crippen LogP contribution in [0, 0.1) is 0 Å². The van der Waals surface area contributed by atoms with Gasteiger partial charge >= 0.3 is 0 Å². The quantitative estimate of drug-likeness (QED) is 0.897. The molecular weight excluding hydrogens is 248 g/mol. The van der Waals surface area contributed by atoms with Crippen molar-refractivity contribution in [1.82, 2.24) is 10.2 Å². The van der Waals surface area contributed by atoms with Crippen molar-refractivity contribution in [2.24, 2.45) is 0 Å². The molecule has 1 unspecified atom stereocenters. The number of benzene rings is 1. The van der Waals surface area contributed by atoms with Gasteiger partial charge in [0.15, 0.2) is 0 Å². The topological polar surface area (TPSA) is 24.5 Å². The molecule has 2 heterocycles. The van der Waals surface area contributed by atoms with Gasteiger partial charge in [0.2, 0.25) is 0 Å². The SMILES string of the molecule is CC1(C)CN(CC2CCOc3ccccc32)CCCN1. The van der Waals surface area contributed by atoms with Crippen molar-refractivity contribution in [1.29, 1.82) is 0 Å². The van der Waals surface area contributed by atoms with E-state index in [1.807, 2.05) is 0 Å². The van der Waals surface area contributed by atoms with Crippen LogP contribution in [-0.2, 0) is 0 Å². The number of hydrogen-bond donors (Lipinski definition) is 1. The summed E-state index contributed by atoms with van der Waals surface area (Å²) in [6.45, 7) is 10.1. The first-order valence-corrected chi connectivity index (χ1v) is 7.83. The highest BCUT2D eigenvalue weighted by Gasteiger charge is 2.28. The van der Waals surface area contributed by atoms with Crippen molar-refractivity contribution in [3.05, 3.63) is 29.8 Å². The Kier molecular flexibility index (Phi) is 3.99. The van der Waals surface area contributed by atoms with Crippen LogP contribution in [0.4, 0.5) is 0 Å². The van der Waals surface area contributed by atoms with Crippen LogP contribution in [0.15, 0.2) is 24.3 Å². The van der Waals surface area contributed by atoms with Crippen LogP contribution in [0.1, 0.15) is 38.2 Å². The Bertz CT molecular complexity index is 458.